The molecule has 4 N–H and O–H groups in total. The molecule has 0 aliphatic carbocycles. The van der Waals surface area contributed by atoms with Gasteiger partial charge in [-0.05, 0) is 32.4 Å². The van der Waals surface area contributed by atoms with Gasteiger partial charge in [0.1, 0.15) is 11.6 Å². The molecule has 0 radical (unpaired) electrons. The van der Waals surface area contributed by atoms with Gasteiger partial charge in [-0.25, -0.2) is 9.48 Å². The van der Waals surface area contributed by atoms with Gasteiger partial charge in [-0.3, -0.25) is 15.4 Å². The van der Waals surface area contributed by atoms with Gasteiger partial charge < -0.3 is 15.4 Å². The number of nitrogens with one attached hydrogen (secondary N) is 4. The van der Waals surface area contributed by atoms with Crippen molar-refractivity contribution in [1.82, 2.24) is 20.4 Å². The Balaban J connectivity index is 1.75. The summed E-state index contributed by atoms with van der Waals surface area (Å²) < 4.78 is 7.10. The second-order valence-electron chi connectivity index (χ2n) is 6.57. The monoisotopic (exact) mass is 386 g/mol. The highest BCUT2D eigenvalue weighted by Gasteiger charge is 2.28. The van der Waals surface area contributed by atoms with Crippen molar-refractivity contribution in [2.24, 2.45) is 0 Å². The summed E-state index contributed by atoms with van der Waals surface area (Å²) in [6.45, 7) is 6.22. The fourth-order valence-electron chi connectivity index (χ4n) is 3.08. The largest absolute Gasteiger partial charge is 0.492 e. The van der Waals surface area contributed by atoms with Gasteiger partial charge in [0.2, 0.25) is 5.91 Å². The van der Waals surface area contributed by atoms with E-state index in [1.807, 2.05) is 32.9 Å². The average molecular weight is 386 g/mol. The third kappa shape index (κ3) is 4.61. The Kier molecular flexibility index (Phi) is 6.15. The van der Waals surface area contributed by atoms with Crippen molar-refractivity contribution in [1.29, 1.82) is 0 Å². The Labute approximate surface area is 163 Å². The number of nitrogens with zero attached hydrogens (tertiary/aromatic N) is 2. The SMILES string of the molecule is CCOc1ccccc1NC(=O)Nc1cc(C)nn1C1NC(=O)CC(CC)N1. The van der Waals surface area contributed by atoms with E-state index in [0.717, 1.165) is 12.1 Å². The topological polar surface area (TPSA) is 109 Å². The maximum Gasteiger partial charge on any atom is 0.324 e. The molecule has 0 bridgehead atoms. The average Bonchev–Trinajstić information content (AvgIpc) is 3.03. The summed E-state index contributed by atoms with van der Waals surface area (Å²) in [6, 6.07) is 8.59. The van der Waals surface area contributed by atoms with Crippen molar-refractivity contribution in [2.45, 2.75) is 45.9 Å². The summed E-state index contributed by atoms with van der Waals surface area (Å²) in [5.74, 6) is 1.01. The molecular formula is C19H26N6O3. The first-order chi connectivity index (χ1) is 13.5. The Bertz CT molecular complexity index is 850. The van der Waals surface area contributed by atoms with Crippen LogP contribution in [0.25, 0.3) is 0 Å². The fraction of sp³-hybridized carbons (Fsp3) is 0.421. The van der Waals surface area contributed by atoms with E-state index < -0.39 is 12.3 Å². The van der Waals surface area contributed by atoms with Crippen molar-refractivity contribution < 1.29 is 14.3 Å². The molecule has 0 spiro atoms. The van der Waals surface area contributed by atoms with E-state index >= 15 is 0 Å². The predicted octanol–water partition coefficient (Wildman–Crippen LogP) is 2.58. The lowest BCUT2D eigenvalue weighted by Gasteiger charge is -2.31. The molecule has 9 heteroatoms. The highest BCUT2D eigenvalue weighted by molar-refractivity contribution is 6.00. The number of benzene rings is 1. The Morgan fingerprint density at radius 3 is 2.86 bits per heavy atom. The number of para-hydroxylation sites is 2. The van der Waals surface area contributed by atoms with E-state index in [2.05, 4.69) is 26.4 Å². The van der Waals surface area contributed by atoms with E-state index in [1.165, 1.54) is 0 Å². The van der Waals surface area contributed by atoms with E-state index in [9.17, 15) is 9.59 Å². The van der Waals surface area contributed by atoms with Gasteiger partial charge in [0, 0.05) is 18.5 Å². The summed E-state index contributed by atoms with van der Waals surface area (Å²) in [4.78, 5) is 24.5. The molecule has 3 rings (SSSR count). The van der Waals surface area contributed by atoms with Crippen molar-refractivity contribution >= 4 is 23.4 Å². The van der Waals surface area contributed by atoms with Crippen LogP contribution in [0.1, 0.15) is 38.7 Å². The zero-order chi connectivity index (χ0) is 20.1. The predicted molar refractivity (Wildman–Crippen MR) is 106 cm³/mol. The molecule has 1 aliphatic rings. The number of hydrogen-bond acceptors (Lipinski definition) is 5. The number of anilines is 2. The maximum atomic E-state index is 12.5. The van der Waals surface area contributed by atoms with E-state index in [4.69, 9.17) is 4.74 Å². The van der Waals surface area contributed by atoms with Crippen LogP contribution in [0.4, 0.5) is 16.3 Å². The molecule has 1 aromatic heterocycles. The lowest BCUT2D eigenvalue weighted by atomic mass is 10.1. The number of urea groups is 1. The molecule has 1 aliphatic heterocycles. The Morgan fingerprint density at radius 1 is 1.32 bits per heavy atom. The van der Waals surface area contributed by atoms with E-state index in [0.29, 0.717) is 30.3 Å². The summed E-state index contributed by atoms with van der Waals surface area (Å²) in [7, 11) is 0. The molecule has 9 nitrogen and oxygen atoms in total. The van der Waals surface area contributed by atoms with Crippen LogP contribution >= 0.6 is 0 Å². The number of rotatable bonds is 6. The van der Waals surface area contributed by atoms with Gasteiger partial charge >= 0.3 is 6.03 Å². The lowest BCUT2D eigenvalue weighted by Crippen LogP contribution is -2.53. The number of aryl methyl sites for hydroxylation is 1. The molecule has 28 heavy (non-hydrogen) atoms. The second-order valence-corrected chi connectivity index (χ2v) is 6.57. The number of carbonyl (C=O) groups is 2. The van der Waals surface area contributed by atoms with Crippen LogP contribution in [0, 0.1) is 6.92 Å². The first-order valence-corrected chi connectivity index (χ1v) is 9.41. The quantitative estimate of drug-likeness (QED) is 0.610. The smallest absolute Gasteiger partial charge is 0.324 e. The highest BCUT2D eigenvalue weighted by Crippen LogP contribution is 2.24. The molecule has 1 aromatic carbocycles. The van der Waals surface area contributed by atoms with Crippen molar-refractivity contribution in [3.8, 4) is 5.75 Å². The zero-order valence-corrected chi connectivity index (χ0v) is 16.3. The van der Waals surface area contributed by atoms with Gasteiger partial charge in [-0.1, -0.05) is 19.1 Å². The van der Waals surface area contributed by atoms with Gasteiger partial charge in [-0.15, -0.1) is 0 Å². The van der Waals surface area contributed by atoms with Crippen LogP contribution in [-0.4, -0.2) is 34.4 Å². The molecule has 150 valence electrons. The molecular weight excluding hydrogens is 360 g/mol. The normalized spacial score (nSPS) is 19.0. The second kappa shape index (κ2) is 8.75. The first-order valence-electron chi connectivity index (χ1n) is 9.41. The number of amides is 3. The van der Waals surface area contributed by atoms with Crippen molar-refractivity contribution in [3.05, 3.63) is 36.0 Å². The molecule has 2 heterocycles. The van der Waals surface area contributed by atoms with Crippen LogP contribution in [0.5, 0.6) is 5.75 Å². The molecule has 1 saturated heterocycles. The zero-order valence-electron chi connectivity index (χ0n) is 16.3. The molecule has 1 fully saturated rings. The summed E-state index contributed by atoms with van der Waals surface area (Å²) >= 11 is 0. The Morgan fingerprint density at radius 2 is 2.11 bits per heavy atom. The molecule has 2 aromatic rings. The third-order valence-electron chi connectivity index (χ3n) is 4.40. The molecule has 2 unspecified atom stereocenters. The number of carbonyl (C=O) groups excluding carboxylic acids is 2. The lowest BCUT2D eigenvalue weighted by molar-refractivity contribution is -0.125. The van der Waals surface area contributed by atoms with Crippen LogP contribution in [0.3, 0.4) is 0 Å². The van der Waals surface area contributed by atoms with Gasteiger partial charge in [0.05, 0.1) is 18.0 Å². The van der Waals surface area contributed by atoms with Crippen LogP contribution in [-0.2, 0) is 4.79 Å². The number of hydrogen-bond donors (Lipinski definition) is 4. The molecule has 0 saturated carbocycles. The standard InChI is InChI=1S/C19H26N6O3/c1-4-13-11-17(26)23-18(20-13)25-16(10-12(3)24-25)22-19(27)21-14-8-6-7-9-15(14)28-5-2/h6-10,13,18,20H,4-5,11H2,1-3H3,(H,23,26)(H2,21,22,27). The minimum atomic E-state index is -0.522. The molecule has 3 amide bonds. The fourth-order valence-corrected chi connectivity index (χ4v) is 3.08. The van der Waals surface area contributed by atoms with Gasteiger partial charge in [-0.2, -0.15) is 5.10 Å². The Hall–Kier alpha value is -3.07. The van der Waals surface area contributed by atoms with E-state index in [1.54, 1.807) is 22.9 Å². The van der Waals surface area contributed by atoms with Crippen LogP contribution < -0.4 is 26.0 Å². The minimum absolute atomic E-state index is 0.0511. The van der Waals surface area contributed by atoms with Gasteiger partial charge in [0.15, 0.2) is 6.29 Å². The van der Waals surface area contributed by atoms with Gasteiger partial charge in [0.25, 0.3) is 0 Å². The molecule has 2 atom stereocenters. The number of aromatic nitrogens is 2. The van der Waals surface area contributed by atoms with E-state index in [-0.39, 0.29) is 11.9 Å². The third-order valence-corrected chi connectivity index (χ3v) is 4.40. The van der Waals surface area contributed by atoms with Crippen LogP contribution in [0.15, 0.2) is 30.3 Å². The van der Waals surface area contributed by atoms with Crippen molar-refractivity contribution in [3.63, 3.8) is 0 Å². The van der Waals surface area contributed by atoms with Crippen LogP contribution in [0.2, 0.25) is 0 Å². The minimum Gasteiger partial charge on any atom is -0.492 e. The highest BCUT2D eigenvalue weighted by atomic mass is 16.5. The summed E-state index contributed by atoms with van der Waals surface area (Å²) in [5.41, 5.74) is 1.29. The first kappa shape index (κ1) is 19.7. The van der Waals surface area contributed by atoms with Crippen molar-refractivity contribution in [2.75, 3.05) is 17.2 Å². The summed E-state index contributed by atoms with van der Waals surface area (Å²) in [6.07, 6.45) is 0.720. The summed E-state index contributed by atoms with van der Waals surface area (Å²) in [5, 5.41) is 16.2. The maximum absolute atomic E-state index is 12.5. The number of ether oxygens (including phenoxy) is 1.